The topological polar surface area (TPSA) is 67.4 Å². The molecule has 1 aliphatic rings. The van der Waals surface area contributed by atoms with E-state index in [9.17, 15) is 9.59 Å². The molecule has 2 aromatic carbocycles. The van der Waals surface area contributed by atoms with E-state index in [1.165, 1.54) is 6.42 Å². The molecule has 2 aromatic rings. The molecule has 0 atom stereocenters. The standard InChI is InChI=1S/C22H26N2O3/c1-2-27-20-15-9-7-13-18(20)22(26)24-19-14-8-6-12-17(19)21(25)23-16-10-4-3-5-11-16/h6-9,12-16H,2-5,10-11H2,1H3,(H,23,25)(H,24,26). The summed E-state index contributed by atoms with van der Waals surface area (Å²) in [7, 11) is 0. The van der Waals surface area contributed by atoms with E-state index in [1.54, 1.807) is 42.5 Å². The fourth-order valence-electron chi connectivity index (χ4n) is 3.43. The van der Waals surface area contributed by atoms with E-state index < -0.39 is 0 Å². The molecule has 1 fully saturated rings. The number of hydrogen-bond acceptors (Lipinski definition) is 3. The number of benzene rings is 2. The lowest BCUT2D eigenvalue weighted by Crippen LogP contribution is -2.36. The van der Waals surface area contributed by atoms with Gasteiger partial charge in [0.2, 0.25) is 0 Å². The van der Waals surface area contributed by atoms with Crippen molar-refractivity contribution in [1.29, 1.82) is 0 Å². The summed E-state index contributed by atoms with van der Waals surface area (Å²) >= 11 is 0. The van der Waals surface area contributed by atoms with Crippen LogP contribution in [0.4, 0.5) is 5.69 Å². The summed E-state index contributed by atoms with van der Waals surface area (Å²) in [6.45, 7) is 2.35. The number of ether oxygens (including phenoxy) is 1. The zero-order valence-corrected chi connectivity index (χ0v) is 15.7. The fraction of sp³-hybridized carbons (Fsp3) is 0.364. The lowest BCUT2D eigenvalue weighted by atomic mass is 9.95. The van der Waals surface area contributed by atoms with Gasteiger partial charge in [0.1, 0.15) is 5.75 Å². The molecule has 0 bridgehead atoms. The van der Waals surface area contributed by atoms with Gasteiger partial charge in [0, 0.05) is 6.04 Å². The van der Waals surface area contributed by atoms with Gasteiger partial charge in [0.25, 0.3) is 11.8 Å². The molecular weight excluding hydrogens is 340 g/mol. The van der Waals surface area contributed by atoms with Crippen LogP contribution in [0.1, 0.15) is 59.7 Å². The summed E-state index contributed by atoms with van der Waals surface area (Å²) in [5.74, 6) is 0.0921. The maximum atomic E-state index is 12.8. The average Bonchev–Trinajstić information content (AvgIpc) is 2.70. The third-order valence-corrected chi connectivity index (χ3v) is 4.79. The van der Waals surface area contributed by atoms with E-state index >= 15 is 0 Å². The van der Waals surface area contributed by atoms with Gasteiger partial charge in [-0.1, -0.05) is 43.5 Å². The van der Waals surface area contributed by atoms with Crippen LogP contribution in [-0.2, 0) is 0 Å². The Morgan fingerprint density at radius 3 is 2.33 bits per heavy atom. The minimum atomic E-state index is -0.294. The van der Waals surface area contributed by atoms with Crippen molar-refractivity contribution in [2.45, 2.75) is 45.1 Å². The van der Waals surface area contributed by atoms with E-state index in [1.807, 2.05) is 13.0 Å². The molecule has 1 saturated carbocycles. The van der Waals surface area contributed by atoms with Crippen LogP contribution >= 0.6 is 0 Å². The molecule has 0 aliphatic heterocycles. The second-order valence-electron chi connectivity index (χ2n) is 6.74. The molecule has 5 heteroatoms. The Hall–Kier alpha value is -2.82. The van der Waals surface area contributed by atoms with Crippen molar-refractivity contribution in [2.24, 2.45) is 0 Å². The van der Waals surface area contributed by atoms with Crippen LogP contribution in [0.25, 0.3) is 0 Å². The summed E-state index contributed by atoms with van der Waals surface area (Å²) in [5.41, 5.74) is 1.43. The predicted octanol–water partition coefficient (Wildman–Crippen LogP) is 4.40. The molecule has 2 amide bonds. The van der Waals surface area contributed by atoms with Crippen LogP contribution in [0.3, 0.4) is 0 Å². The minimum absolute atomic E-state index is 0.143. The lowest BCUT2D eigenvalue weighted by molar-refractivity contribution is 0.0928. The van der Waals surface area contributed by atoms with Crippen molar-refractivity contribution in [3.8, 4) is 5.75 Å². The van der Waals surface area contributed by atoms with Gasteiger partial charge in [0.15, 0.2) is 0 Å². The first kappa shape index (κ1) is 19.0. The minimum Gasteiger partial charge on any atom is -0.493 e. The van der Waals surface area contributed by atoms with Gasteiger partial charge < -0.3 is 15.4 Å². The predicted molar refractivity (Wildman–Crippen MR) is 106 cm³/mol. The first-order valence-corrected chi connectivity index (χ1v) is 9.62. The second-order valence-corrected chi connectivity index (χ2v) is 6.74. The molecule has 3 rings (SSSR count). The maximum absolute atomic E-state index is 12.8. The third-order valence-electron chi connectivity index (χ3n) is 4.79. The van der Waals surface area contributed by atoms with Gasteiger partial charge in [0.05, 0.1) is 23.4 Å². The summed E-state index contributed by atoms with van der Waals surface area (Å²) in [5, 5.41) is 5.97. The van der Waals surface area contributed by atoms with Crippen LogP contribution < -0.4 is 15.4 Å². The monoisotopic (exact) mass is 366 g/mol. The van der Waals surface area contributed by atoms with E-state index in [0.29, 0.717) is 29.2 Å². The maximum Gasteiger partial charge on any atom is 0.259 e. The van der Waals surface area contributed by atoms with Gasteiger partial charge in [-0.05, 0) is 44.0 Å². The van der Waals surface area contributed by atoms with Gasteiger partial charge in [-0.15, -0.1) is 0 Å². The number of carbonyl (C=O) groups is 2. The highest BCUT2D eigenvalue weighted by Gasteiger charge is 2.20. The van der Waals surface area contributed by atoms with Crippen LogP contribution in [0.5, 0.6) is 5.75 Å². The molecule has 142 valence electrons. The van der Waals surface area contributed by atoms with Gasteiger partial charge in [-0.2, -0.15) is 0 Å². The zero-order chi connectivity index (χ0) is 19.1. The highest BCUT2D eigenvalue weighted by molar-refractivity contribution is 6.10. The fourth-order valence-corrected chi connectivity index (χ4v) is 3.43. The number of amides is 2. The Bertz CT molecular complexity index is 798. The van der Waals surface area contributed by atoms with E-state index in [-0.39, 0.29) is 17.9 Å². The Kier molecular flexibility index (Phi) is 6.47. The van der Waals surface area contributed by atoms with Crippen molar-refractivity contribution in [2.75, 3.05) is 11.9 Å². The first-order valence-electron chi connectivity index (χ1n) is 9.62. The Balaban J connectivity index is 1.76. The van der Waals surface area contributed by atoms with Gasteiger partial charge in [-0.25, -0.2) is 0 Å². The van der Waals surface area contributed by atoms with Crippen LogP contribution in [-0.4, -0.2) is 24.5 Å². The Morgan fingerprint density at radius 2 is 1.59 bits per heavy atom. The molecule has 0 saturated heterocycles. The van der Waals surface area contributed by atoms with Crippen LogP contribution in [0.2, 0.25) is 0 Å². The quantitative estimate of drug-likeness (QED) is 0.796. The number of anilines is 1. The number of carbonyl (C=O) groups excluding carboxylic acids is 2. The van der Waals surface area contributed by atoms with Crippen molar-refractivity contribution in [3.63, 3.8) is 0 Å². The molecular formula is C22H26N2O3. The molecule has 2 N–H and O–H groups in total. The molecule has 0 aromatic heterocycles. The molecule has 0 radical (unpaired) electrons. The molecule has 27 heavy (non-hydrogen) atoms. The Labute approximate surface area is 160 Å². The van der Waals surface area contributed by atoms with E-state index in [0.717, 1.165) is 25.7 Å². The van der Waals surface area contributed by atoms with E-state index in [4.69, 9.17) is 4.74 Å². The number of hydrogen-bond donors (Lipinski definition) is 2. The highest BCUT2D eigenvalue weighted by Crippen LogP contribution is 2.23. The summed E-state index contributed by atoms with van der Waals surface area (Å²) in [6, 6.07) is 14.4. The molecule has 0 unspecified atom stereocenters. The summed E-state index contributed by atoms with van der Waals surface area (Å²) in [6.07, 6.45) is 5.57. The van der Waals surface area contributed by atoms with Crippen molar-refractivity contribution < 1.29 is 14.3 Å². The molecule has 1 aliphatic carbocycles. The van der Waals surface area contributed by atoms with Crippen molar-refractivity contribution in [3.05, 3.63) is 59.7 Å². The lowest BCUT2D eigenvalue weighted by Gasteiger charge is -2.23. The molecule has 0 heterocycles. The zero-order valence-electron chi connectivity index (χ0n) is 15.7. The molecule has 5 nitrogen and oxygen atoms in total. The number of para-hydroxylation sites is 2. The van der Waals surface area contributed by atoms with Gasteiger partial charge >= 0.3 is 0 Å². The highest BCUT2D eigenvalue weighted by atomic mass is 16.5. The largest absolute Gasteiger partial charge is 0.493 e. The van der Waals surface area contributed by atoms with Crippen LogP contribution in [0, 0.1) is 0 Å². The Morgan fingerprint density at radius 1 is 0.926 bits per heavy atom. The average molecular weight is 366 g/mol. The second kappa shape index (κ2) is 9.21. The smallest absolute Gasteiger partial charge is 0.259 e. The number of nitrogens with one attached hydrogen (secondary N) is 2. The van der Waals surface area contributed by atoms with Crippen LogP contribution in [0.15, 0.2) is 48.5 Å². The van der Waals surface area contributed by atoms with Gasteiger partial charge in [-0.3, -0.25) is 9.59 Å². The summed E-state index contributed by atoms with van der Waals surface area (Å²) < 4.78 is 5.53. The third kappa shape index (κ3) is 4.88. The van der Waals surface area contributed by atoms with Crippen molar-refractivity contribution >= 4 is 17.5 Å². The van der Waals surface area contributed by atoms with E-state index in [2.05, 4.69) is 10.6 Å². The molecule has 0 spiro atoms. The SMILES string of the molecule is CCOc1ccccc1C(=O)Nc1ccccc1C(=O)NC1CCCCC1. The number of rotatable bonds is 6. The summed E-state index contributed by atoms with van der Waals surface area (Å²) in [4.78, 5) is 25.5. The normalized spacial score (nSPS) is 14.4. The first-order chi connectivity index (χ1) is 13.2. The van der Waals surface area contributed by atoms with Crippen molar-refractivity contribution in [1.82, 2.24) is 5.32 Å².